The van der Waals surface area contributed by atoms with E-state index in [1.165, 1.54) is 44.9 Å². The number of anilines is 1. The highest BCUT2D eigenvalue weighted by Gasteiger charge is 2.42. The third kappa shape index (κ3) is 4.28. The summed E-state index contributed by atoms with van der Waals surface area (Å²) < 4.78 is 20.5. The lowest BCUT2D eigenvalue weighted by Crippen LogP contribution is -2.41. The Hall–Kier alpha value is -2.02. The number of hydrogen-bond acceptors (Lipinski definition) is 6. The van der Waals surface area contributed by atoms with Crippen LogP contribution >= 0.6 is 0 Å². The van der Waals surface area contributed by atoms with E-state index in [4.69, 9.17) is 14.6 Å². The Bertz CT molecular complexity index is 875. The Kier molecular flexibility index (Phi) is 6.44. The lowest BCUT2D eigenvalue weighted by molar-refractivity contribution is 0.122. The number of rotatable bonds is 4. The number of aromatic nitrogens is 2. The van der Waals surface area contributed by atoms with Gasteiger partial charge in [-0.15, -0.1) is 0 Å². The summed E-state index contributed by atoms with van der Waals surface area (Å²) in [4.78, 5) is 7.40. The molecule has 3 heterocycles. The fraction of sp³-hybridized carbons (Fsp3) is 0.720. The first-order chi connectivity index (χ1) is 15.6. The zero-order valence-electron chi connectivity index (χ0n) is 19.4. The van der Waals surface area contributed by atoms with E-state index < -0.39 is 12.2 Å². The van der Waals surface area contributed by atoms with Crippen molar-refractivity contribution in [3.05, 3.63) is 29.7 Å². The third-order valence-corrected chi connectivity index (χ3v) is 7.62. The fourth-order valence-corrected chi connectivity index (χ4v) is 5.80. The molecule has 0 spiro atoms. The molecule has 5 rings (SSSR count). The minimum atomic E-state index is -1.14. The van der Waals surface area contributed by atoms with E-state index in [9.17, 15) is 4.39 Å². The molecular formula is C25H36FN5O. The van der Waals surface area contributed by atoms with Gasteiger partial charge in [-0.25, -0.2) is 9.40 Å². The number of hydrogen-bond donors (Lipinski definition) is 0. The molecule has 0 radical (unpaired) electrons. The van der Waals surface area contributed by atoms with E-state index in [-0.39, 0.29) is 11.8 Å². The molecule has 2 fully saturated rings. The van der Waals surface area contributed by atoms with Gasteiger partial charge in [0.25, 0.3) is 5.95 Å². The first-order valence-corrected chi connectivity index (χ1v) is 12.6. The molecule has 4 aliphatic rings. The molecule has 2 aliphatic carbocycles. The minimum absolute atomic E-state index is 0.205. The van der Waals surface area contributed by atoms with Crippen LogP contribution in [-0.4, -0.2) is 52.1 Å². The summed E-state index contributed by atoms with van der Waals surface area (Å²) in [5, 5.41) is 10.6. The zero-order chi connectivity index (χ0) is 22.1. The maximum Gasteiger partial charge on any atom is 0.287 e. The van der Waals surface area contributed by atoms with Crippen molar-refractivity contribution in [2.75, 3.05) is 18.1 Å². The minimum Gasteiger partial charge on any atom is -0.337 e. The number of hydrazone groups is 1. The Morgan fingerprint density at radius 3 is 2.47 bits per heavy atom. The zero-order valence-corrected chi connectivity index (χ0v) is 19.4. The average molecular weight is 442 g/mol. The summed E-state index contributed by atoms with van der Waals surface area (Å²) >= 11 is 0. The molecule has 0 aromatic carbocycles. The number of allylic oxidation sites excluding steroid dienone is 2. The smallest absolute Gasteiger partial charge is 0.287 e. The second-order valence-corrected chi connectivity index (χ2v) is 10.1. The van der Waals surface area contributed by atoms with Gasteiger partial charge in [-0.3, -0.25) is 0 Å². The maximum atomic E-state index is 14.8. The van der Waals surface area contributed by atoms with Crippen LogP contribution in [0.3, 0.4) is 0 Å². The van der Waals surface area contributed by atoms with Gasteiger partial charge >= 0.3 is 0 Å². The molecule has 174 valence electrons. The first kappa shape index (κ1) is 21.8. The predicted molar refractivity (Wildman–Crippen MR) is 125 cm³/mol. The van der Waals surface area contributed by atoms with Crippen molar-refractivity contribution < 1.29 is 8.91 Å². The SMILES string of the molecule is CC(C)C1=NN(c2noc(C3CCN(C4CCCCCCC4)CC3)n2)C2C1=CC=CC2F. The van der Waals surface area contributed by atoms with Gasteiger partial charge in [0.2, 0.25) is 5.89 Å². The van der Waals surface area contributed by atoms with E-state index >= 15 is 0 Å². The van der Waals surface area contributed by atoms with Crippen molar-refractivity contribution in [2.24, 2.45) is 11.0 Å². The molecule has 2 unspecified atom stereocenters. The van der Waals surface area contributed by atoms with Crippen LogP contribution in [0.5, 0.6) is 0 Å². The van der Waals surface area contributed by atoms with Crippen LogP contribution in [0.2, 0.25) is 0 Å². The highest BCUT2D eigenvalue weighted by atomic mass is 19.1. The summed E-state index contributed by atoms with van der Waals surface area (Å²) in [6.07, 6.45) is 15.9. The normalized spacial score (nSPS) is 28.4. The van der Waals surface area contributed by atoms with E-state index in [0.717, 1.165) is 43.3 Å². The van der Waals surface area contributed by atoms with Gasteiger partial charge in [0.1, 0.15) is 12.2 Å². The van der Waals surface area contributed by atoms with Gasteiger partial charge in [-0.05, 0) is 55.9 Å². The second-order valence-electron chi connectivity index (χ2n) is 10.1. The molecule has 1 aromatic heterocycles. The summed E-state index contributed by atoms with van der Waals surface area (Å²) in [6, 6.07) is 0.248. The fourth-order valence-electron chi connectivity index (χ4n) is 5.80. The third-order valence-electron chi connectivity index (χ3n) is 7.62. The van der Waals surface area contributed by atoms with Crippen molar-refractivity contribution in [3.8, 4) is 0 Å². The molecule has 0 amide bonds. The Balaban J connectivity index is 1.25. The van der Waals surface area contributed by atoms with Gasteiger partial charge < -0.3 is 9.42 Å². The highest BCUT2D eigenvalue weighted by molar-refractivity contribution is 6.06. The monoisotopic (exact) mass is 441 g/mol. The van der Waals surface area contributed by atoms with Crippen molar-refractivity contribution >= 4 is 11.7 Å². The Morgan fingerprint density at radius 1 is 1.03 bits per heavy atom. The first-order valence-electron chi connectivity index (χ1n) is 12.6. The quantitative estimate of drug-likeness (QED) is 0.626. The highest BCUT2D eigenvalue weighted by Crippen LogP contribution is 2.36. The Labute approximate surface area is 190 Å². The van der Waals surface area contributed by atoms with Gasteiger partial charge in [0.05, 0.1) is 5.71 Å². The van der Waals surface area contributed by atoms with Crippen LogP contribution in [0.1, 0.15) is 83.4 Å². The molecule has 2 aliphatic heterocycles. The number of nitrogens with zero attached hydrogens (tertiary/aromatic N) is 5. The number of alkyl halides is 1. The predicted octanol–water partition coefficient (Wildman–Crippen LogP) is 5.40. The molecule has 6 nitrogen and oxygen atoms in total. The maximum absolute atomic E-state index is 14.8. The lowest BCUT2D eigenvalue weighted by Gasteiger charge is -2.37. The van der Waals surface area contributed by atoms with Gasteiger partial charge in [0, 0.05) is 17.5 Å². The number of piperidine rings is 1. The molecule has 1 saturated heterocycles. The number of fused-ring (bicyclic) bond motifs is 1. The van der Waals surface area contributed by atoms with Crippen LogP contribution < -0.4 is 5.01 Å². The molecule has 7 heteroatoms. The van der Waals surface area contributed by atoms with Crippen LogP contribution in [0.25, 0.3) is 0 Å². The van der Waals surface area contributed by atoms with E-state index in [1.54, 1.807) is 17.2 Å². The molecule has 0 N–H and O–H groups in total. The summed E-state index contributed by atoms with van der Waals surface area (Å²) in [7, 11) is 0. The van der Waals surface area contributed by atoms with Gasteiger partial charge in [-0.2, -0.15) is 10.1 Å². The largest absolute Gasteiger partial charge is 0.337 e. The van der Waals surface area contributed by atoms with Crippen molar-refractivity contribution in [1.82, 2.24) is 15.0 Å². The van der Waals surface area contributed by atoms with Gasteiger partial charge in [-0.1, -0.05) is 58.1 Å². The second kappa shape index (κ2) is 9.46. The summed E-state index contributed by atoms with van der Waals surface area (Å²) in [5.74, 6) is 1.54. The average Bonchev–Trinajstić information content (AvgIpc) is 3.39. The standard InChI is InChI=1S/C25H36FN5O/c1-17(2)22-20-11-8-12-21(26)23(20)31(28-22)25-27-24(32-29-25)18-13-15-30(16-14-18)19-9-6-4-3-5-7-10-19/h8,11-12,17-19,21,23H,3-7,9-10,13-16H2,1-2H3. The van der Waals surface area contributed by atoms with Crippen LogP contribution in [0, 0.1) is 5.92 Å². The molecule has 1 aromatic rings. The number of halogens is 1. The van der Waals surface area contributed by atoms with Crippen molar-refractivity contribution in [2.45, 2.75) is 95.8 Å². The molecule has 0 bridgehead atoms. The summed E-state index contributed by atoms with van der Waals surface area (Å²) in [6.45, 7) is 6.35. The Morgan fingerprint density at radius 2 is 1.75 bits per heavy atom. The molecule has 2 atom stereocenters. The molecule has 1 saturated carbocycles. The lowest BCUT2D eigenvalue weighted by atomic mass is 9.90. The van der Waals surface area contributed by atoms with Crippen molar-refractivity contribution in [1.29, 1.82) is 0 Å². The number of likely N-dealkylation sites (tertiary alicyclic amines) is 1. The van der Waals surface area contributed by atoms with E-state index in [1.807, 2.05) is 6.08 Å². The van der Waals surface area contributed by atoms with Crippen LogP contribution in [0.15, 0.2) is 33.4 Å². The van der Waals surface area contributed by atoms with Gasteiger partial charge in [0.15, 0.2) is 0 Å². The topological polar surface area (TPSA) is 57.8 Å². The van der Waals surface area contributed by atoms with E-state index in [2.05, 4.69) is 23.9 Å². The summed E-state index contributed by atoms with van der Waals surface area (Å²) in [5.41, 5.74) is 1.83. The van der Waals surface area contributed by atoms with E-state index in [0.29, 0.717) is 11.8 Å². The van der Waals surface area contributed by atoms with Crippen molar-refractivity contribution in [3.63, 3.8) is 0 Å². The molecular weight excluding hydrogens is 405 g/mol. The van der Waals surface area contributed by atoms with Crippen LogP contribution in [-0.2, 0) is 0 Å². The molecule has 32 heavy (non-hydrogen) atoms. The van der Waals surface area contributed by atoms with Crippen LogP contribution in [0.4, 0.5) is 10.3 Å².